The van der Waals surface area contributed by atoms with Gasteiger partial charge in [-0.25, -0.2) is 0 Å². The summed E-state index contributed by atoms with van der Waals surface area (Å²) in [5, 5.41) is 9.12. The van der Waals surface area contributed by atoms with Gasteiger partial charge in [-0.05, 0) is 46.1 Å². The van der Waals surface area contributed by atoms with Crippen molar-refractivity contribution in [2.75, 3.05) is 6.54 Å². The molecule has 0 aliphatic carbocycles. The molecule has 3 aromatic carbocycles. The Morgan fingerprint density at radius 3 is 1.92 bits per heavy atom. The Bertz CT molecular complexity index is 727. The molecule has 2 heteroatoms. The van der Waals surface area contributed by atoms with Crippen LogP contribution in [-0.4, -0.2) is 6.54 Å². The minimum Gasteiger partial charge on any atom is -0.313 e. The molecule has 3 rings (SSSR count). The van der Waals surface area contributed by atoms with Gasteiger partial charge in [-0.3, -0.25) is 0 Å². The summed E-state index contributed by atoms with van der Waals surface area (Å²) in [7, 11) is 0. The Hall–Kier alpha value is -1.57. The van der Waals surface area contributed by atoms with Gasteiger partial charge < -0.3 is 5.32 Å². The van der Waals surface area contributed by atoms with Crippen molar-refractivity contribution in [3.05, 3.63) is 60.2 Å². The first kappa shape index (κ1) is 19.8. The van der Waals surface area contributed by atoms with E-state index >= 15 is 0 Å². The minimum absolute atomic E-state index is 0. The van der Waals surface area contributed by atoms with Crippen molar-refractivity contribution in [1.29, 1.82) is 0 Å². The molecule has 0 spiro atoms. The van der Waals surface area contributed by atoms with Gasteiger partial charge >= 0.3 is 0 Å². The molecule has 0 bridgehead atoms. The molecule has 0 unspecified atom stereocenters. The molecule has 25 heavy (non-hydrogen) atoms. The van der Waals surface area contributed by atoms with Crippen LogP contribution in [0.2, 0.25) is 0 Å². The van der Waals surface area contributed by atoms with Gasteiger partial charge in [-0.15, -0.1) is 12.4 Å². The number of hydrogen-bond acceptors (Lipinski definition) is 1. The van der Waals surface area contributed by atoms with Crippen LogP contribution in [0.15, 0.2) is 54.6 Å². The van der Waals surface area contributed by atoms with Crippen molar-refractivity contribution in [1.82, 2.24) is 5.32 Å². The molecule has 1 N–H and O–H groups in total. The first-order valence-corrected chi connectivity index (χ1v) is 9.50. The van der Waals surface area contributed by atoms with Crippen LogP contribution in [0.3, 0.4) is 0 Å². The molecule has 0 aromatic heterocycles. The number of rotatable bonds is 9. The van der Waals surface area contributed by atoms with E-state index in [0.717, 1.165) is 13.1 Å². The highest BCUT2D eigenvalue weighted by molar-refractivity contribution is 6.02. The van der Waals surface area contributed by atoms with Crippen LogP contribution < -0.4 is 5.32 Å². The molecule has 3 aromatic rings. The summed E-state index contributed by atoms with van der Waals surface area (Å²) in [6, 6.07) is 19.8. The number of benzene rings is 3. The predicted octanol–water partition coefficient (Wildman–Crippen LogP) is 6.86. The molecular weight excluding hydrogens is 326 g/mol. The molecule has 0 saturated carbocycles. The summed E-state index contributed by atoms with van der Waals surface area (Å²) in [5.41, 5.74) is 1.44. The molecule has 0 aliphatic rings. The van der Waals surface area contributed by atoms with Gasteiger partial charge in [0, 0.05) is 6.54 Å². The van der Waals surface area contributed by atoms with E-state index in [-0.39, 0.29) is 12.4 Å². The lowest BCUT2D eigenvalue weighted by Gasteiger charge is -2.12. The summed E-state index contributed by atoms with van der Waals surface area (Å²) in [5.74, 6) is 0. The van der Waals surface area contributed by atoms with E-state index in [4.69, 9.17) is 0 Å². The maximum atomic E-state index is 3.68. The average molecular weight is 356 g/mol. The van der Waals surface area contributed by atoms with Gasteiger partial charge in [0.05, 0.1) is 0 Å². The molecule has 0 atom stereocenters. The van der Waals surface area contributed by atoms with Crippen LogP contribution in [0.25, 0.3) is 21.5 Å². The highest BCUT2D eigenvalue weighted by atomic mass is 35.5. The molecule has 0 saturated heterocycles. The zero-order valence-corrected chi connectivity index (χ0v) is 16.1. The van der Waals surface area contributed by atoms with Crippen molar-refractivity contribution < 1.29 is 0 Å². The number of hydrogen-bond donors (Lipinski definition) is 1. The predicted molar refractivity (Wildman–Crippen MR) is 114 cm³/mol. The fourth-order valence-corrected chi connectivity index (χ4v) is 3.54. The minimum atomic E-state index is 0. The number of halogens is 1. The highest BCUT2D eigenvalue weighted by Gasteiger charge is 2.06. The number of fused-ring (bicyclic) bond motifs is 2. The third kappa shape index (κ3) is 5.20. The Labute approximate surface area is 158 Å². The van der Waals surface area contributed by atoms with E-state index in [1.54, 1.807) is 0 Å². The van der Waals surface area contributed by atoms with Crippen molar-refractivity contribution in [2.24, 2.45) is 0 Å². The van der Waals surface area contributed by atoms with E-state index in [2.05, 4.69) is 66.8 Å². The summed E-state index contributed by atoms with van der Waals surface area (Å²) >= 11 is 0. The van der Waals surface area contributed by atoms with Gasteiger partial charge in [-0.1, -0.05) is 87.6 Å². The molecule has 0 aliphatic heterocycles. The van der Waals surface area contributed by atoms with Crippen molar-refractivity contribution in [3.63, 3.8) is 0 Å². The van der Waals surface area contributed by atoms with E-state index in [1.165, 1.54) is 65.6 Å². The highest BCUT2D eigenvalue weighted by Crippen LogP contribution is 2.28. The molecular formula is C23H30ClN. The van der Waals surface area contributed by atoms with Crippen molar-refractivity contribution in [2.45, 2.75) is 52.0 Å². The Morgan fingerprint density at radius 1 is 0.720 bits per heavy atom. The van der Waals surface area contributed by atoms with Gasteiger partial charge in [0.25, 0.3) is 0 Å². The van der Waals surface area contributed by atoms with Crippen molar-refractivity contribution >= 4 is 34.0 Å². The second kappa shape index (κ2) is 10.4. The third-order valence-electron chi connectivity index (χ3n) is 4.89. The number of nitrogens with one attached hydrogen (secondary N) is 1. The van der Waals surface area contributed by atoms with E-state index in [0.29, 0.717) is 0 Å². The zero-order valence-electron chi connectivity index (χ0n) is 15.3. The maximum absolute atomic E-state index is 3.68. The van der Waals surface area contributed by atoms with Gasteiger partial charge in [0.2, 0.25) is 0 Å². The largest absolute Gasteiger partial charge is 0.313 e. The van der Waals surface area contributed by atoms with Gasteiger partial charge in [0.15, 0.2) is 0 Å². The van der Waals surface area contributed by atoms with E-state index in [1.807, 2.05) is 0 Å². The van der Waals surface area contributed by atoms with Gasteiger partial charge in [-0.2, -0.15) is 0 Å². The summed E-state index contributed by atoms with van der Waals surface area (Å²) < 4.78 is 0. The third-order valence-corrected chi connectivity index (χ3v) is 4.89. The van der Waals surface area contributed by atoms with Crippen LogP contribution in [0.1, 0.15) is 51.0 Å². The normalized spacial score (nSPS) is 10.9. The number of unbranched alkanes of at least 4 members (excludes halogenated alkanes) is 5. The smallest absolute Gasteiger partial charge is 0.0217 e. The monoisotopic (exact) mass is 355 g/mol. The lowest BCUT2D eigenvalue weighted by molar-refractivity contribution is 0.573. The standard InChI is InChI=1S/C23H29N.ClH/c1-2-3-4-5-6-11-16-24-18-23-21-14-9-7-12-19(21)17-20-13-8-10-15-22(20)23;/h7-10,12-15,17,24H,2-6,11,16,18H2,1H3;1H. The van der Waals surface area contributed by atoms with Crippen LogP contribution in [0.5, 0.6) is 0 Å². The lowest BCUT2D eigenvalue weighted by atomic mass is 9.97. The Kier molecular flexibility index (Phi) is 8.24. The second-order valence-corrected chi connectivity index (χ2v) is 6.74. The van der Waals surface area contributed by atoms with Crippen molar-refractivity contribution in [3.8, 4) is 0 Å². The van der Waals surface area contributed by atoms with Crippen LogP contribution in [0, 0.1) is 0 Å². The van der Waals surface area contributed by atoms with E-state index < -0.39 is 0 Å². The fraction of sp³-hybridized carbons (Fsp3) is 0.391. The summed E-state index contributed by atoms with van der Waals surface area (Å²) in [4.78, 5) is 0. The van der Waals surface area contributed by atoms with E-state index in [9.17, 15) is 0 Å². The summed E-state index contributed by atoms with van der Waals surface area (Å²) in [6.07, 6.45) is 8.12. The topological polar surface area (TPSA) is 12.0 Å². The second-order valence-electron chi connectivity index (χ2n) is 6.74. The lowest BCUT2D eigenvalue weighted by Crippen LogP contribution is -2.15. The molecule has 134 valence electrons. The zero-order chi connectivity index (χ0) is 16.6. The molecule has 1 nitrogen and oxygen atoms in total. The first-order chi connectivity index (χ1) is 11.9. The Balaban J connectivity index is 0.00000225. The average Bonchev–Trinajstić information content (AvgIpc) is 2.63. The maximum Gasteiger partial charge on any atom is 0.0217 e. The van der Waals surface area contributed by atoms with Crippen LogP contribution in [0.4, 0.5) is 0 Å². The first-order valence-electron chi connectivity index (χ1n) is 9.50. The summed E-state index contributed by atoms with van der Waals surface area (Å²) in [6.45, 7) is 4.34. The van der Waals surface area contributed by atoms with Crippen LogP contribution in [-0.2, 0) is 6.54 Å². The molecule has 0 fully saturated rings. The quantitative estimate of drug-likeness (QED) is 0.326. The molecule has 0 radical (unpaired) electrons. The van der Waals surface area contributed by atoms with Crippen LogP contribution >= 0.6 is 12.4 Å². The SMILES string of the molecule is CCCCCCCCNCc1c2ccccc2cc2ccccc12.Cl. The fourth-order valence-electron chi connectivity index (χ4n) is 3.54. The molecule has 0 amide bonds. The Morgan fingerprint density at radius 2 is 1.28 bits per heavy atom. The van der Waals surface area contributed by atoms with Gasteiger partial charge in [0.1, 0.15) is 0 Å². The molecule has 0 heterocycles.